The Labute approximate surface area is 247 Å². The van der Waals surface area contributed by atoms with Crippen molar-refractivity contribution in [2.24, 2.45) is 5.41 Å². The van der Waals surface area contributed by atoms with E-state index in [0.29, 0.717) is 29.1 Å². The number of hydrogen-bond donors (Lipinski definition) is 0. The molecule has 5 rings (SSSR count). The van der Waals surface area contributed by atoms with Gasteiger partial charge in [-0.25, -0.2) is 0 Å². The Balaban J connectivity index is 1.33. The fraction of sp³-hybridized carbons (Fsp3) is 0.424. The van der Waals surface area contributed by atoms with Gasteiger partial charge in [-0.3, -0.25) is 4.79 Å². The third kappa shape index (κ3) is 6.91. The van der Waals surface area contributed by atoms with Gasteiger partial charge >= 0.3 is 0 Å². The number of methoxy groups -OCH3 is 2. The van der Waals surface area contributed by atoms with E-state index in [1.807, 2.05) is 53.4 Å². The molecule has 3 aromatic carbocycles. The first kappa shape index (κ1) is 29.1. The van der Waals surface area contributed by atoms with Gasteiger partial charge in [-0.05, 0) is 98.8 Å². The highest BCUT2D eigenvalue weighted by Gasteiger charge is 2.38. The number of nitrogens with zero attached hydrogens (tertiary/aromatic N) is 2. The first-order valence-electron chi connectivity index (χ1n) is 14.2. The van der Waals surface area contributed by atoms with Crippen LogP contribution in [0.15, 0.2) is 60.7 Å². The molecule has 7 nitrogen and oxygen atoms in total. The Bertz CT molecular complexity index is 1310. The maximum Gasteiger partial charge on any atom is 0.255 e. The van der Waals surface area contributed by atoms with Crippen molar-refractivity contribution in [3.8, 4) is 23.0 Å². The van der Waals surface area contributed by atoms with Crippen LogP contribution in [0.5, 0.6) is 23.0 Å². The van der Waals surface area contributed by atoms with E-state index in [4.69, 9.17) is 30.5 Å². The molecule has 218 valence electrons. The van der Waals surface area contributed by atoms with E-state index in [2.05, 4.69) is 11.9 Å². The van der Waals surface area contributed by atoms with Crippen LogP contribution in [0.2, 0.25) is 5.02 Å². The highest BCUT2D eigenvalue weighted by Crippen LogP contribution is 2.43. The van der Waals surface area contributed by atoms with Gasteiger partial charge in [0.15, 0.2) is 11.5 Å². The van der Waals surface area contributed by atoms with Crippen molar-refractivity contribution >= 4 is 17.5 Å². The molecule has 8 heteroatoms. The molecule has 0 radical (unpaired) electrons. The minimum Gasteiger partial charge on any atom is -0.497 e. The second-order valence-electron chi connectivity index (χ2n) is 11.1. The van der Waals surface area contributed by atoms with E-state index in [0.717, 1.165) is 61.6 Å². The highest BCUT2D eigenvalue weighted by atomic mass is 35.5. The molecule has 0 unspecified atom stereocenters. The molecule has 2 heterocycles. The summed E-state index contributed by atoms with van der Waals surface area (Å²) in [6.07, 6.45) is 4.48. The van der Waals surface area contributed by atoms with E-state index in [1.165, 1.54) is 12.8 Å². The molecule has 0 aliphatic carbocycles. The van der Waals surface area contributed by atoms with Gasteiger partial charge in [-0.2, -0.15) is 0 Å². The summed E-state index contributed by atoms with van der Waals surface area (Å²) in [7, 11) is 5.46. The van der Waals surface area contributed by atoms with Crippen LogP contribution in [-0.2, 0) is 13.2 Å². The monoisotopic (exact) mass is 578 g/mol. The van der Waals surface area contributed by atoms with Crippen molar-refractivity contribution in [1.29, 1.82) is 0 Å². The van der Waals surface area contributed by atoms with Crippen LogP contribution >= 0.6 is 11.6 Å². The van der Waals surface area contributed by atoms with Gasteiger partial charge in [0.1, 0.15) is 24.7 Å². The van der Waals surface area contributed by atoms with Crippen LogP contribution in [0.25, 0.3) is 0 Å². The second-order valence-corrected chi connectivity index (χ2v) is 11.5. The Morgan fingerprint density at radius 3 is 1.80 bits per heavy atom. The molecule has 1 amide bonds. The smallest absolute Gasteiger partial charge is 0.255 e. The van der Waals surface area contributed by atoms with Crippen LogP contribution in [0.4, 0.5) is 0 Å². The van der Waals surface area contributed by atoms with Crippen molar-refractivity contribution in [2.75, 3.05) is 47.4 Å². The van der Waals surface area contributed by atoms with Crippen molar-refractivity contribution in [2.45, 2.75) is 38.9 Å². The summed E-state index contributed by atoms with van der Waals surface area (Å²) in [5.74, 6) is 2.34. The molecule has 41 heavy (non-hydrogen) atoms. The number of likely N-dealkylation sites (tertiary alicyclic amines) is 2. The van der Waals surface area contributed by atoms with Crippen molar-refractivity contribution < 1.29 is 23.7 Å². The van der Waals surface area contributed by atoms with Crippen LogP contribution in [0.1, 0.15) is 47.2 Å². The summed E-state index contributed by atoms with van der Waals surface area (Å²) in [6.45, 7) is 4.34. The summed E-state index contributed by atoms with van der Waals surface area (Å²) < 4.78 is 22.9. The number of piperidine rings is 2. The lowest BCUT2D eigenvalue weighted by Crippen LogP contribution is -2.47. The zero-order valence-electron chi connectivity index (χ0n) is 24.2. The molecule has 2 aliphatic heterocycles. The molecule has 0 aromatic heterocycles. The average Bonchev–Trinajstić information content (AvgIpc) is 3.01. The molecule has 2 saturated heterocycles. The first-order chi connectivity index (χ1) is 19.9. The van der Waals surface area contributed by atoms with E-state index in [-0.39, 0.29) is 17.5 Å². The predicted molar refractivity (Wildman–Crippen MR) is 160 cm³/mol. The largest absolute Gasteiger partial charge is 0.497 e. The number of hydrogen-bond acceptors (Lipinski definition) is 6. The summed E-state index contributed by atoms with van der Waals surface area (Å²) >= 11 is 6.93. The third-order valence-corrected chi connectivity index (χ3v) is 8.92. The van der Waals surface area contributed by atoms with Crippen LogP contribution in [-0.4, -0.2) is 63.2 Å². The molecular formula is C33H39ClN2O5. The molecule has 0 bridgehead atoms. The number of carbonyl (C=O) groups is 1. The lowest BCUT2D eigenvalue weighted by atomic mass is 9.71. The van der Waals surface area contributed by atoms with E-state index in [1.54, 1.807) is 26.4 Å². The van der Waals surface area contributed by atoms with Crippen molar-refractivity contribution in [3.63, 3.8) is 0 Å². The fourth-order valence-corrected chi connectivity index (χ4v) is 5.95. The molecule has 2 fully saturated rings. The van der Waals surface area contributed by atoms with Crippen molar-refractivity contribution in [3.05, 3.63) is 82.4 Å². The number of amides is 1. The summed E-state index contributed by atoms with van der Waals surface area (Å²) in [4.78, 5) is 18.0. The molecule has 3 aromatic rings. The number of halogens is 1. The van der Waals surface area contributed by atoms with Crippen molar-refractivity contribution in [1.82, 2.24) is 9.80 Å². The number of benzene rings is 3. The number of ether oxygens (including phenoxy) is 4. The van der Waals surface area contributed by atoms with Gasteiger partial charge in [-0.1, -0.05) is 35.9 Å². The number of carbonyl (C=O) groups excluding carboxylic acids is 1. The predicted octanol–water partition coefficient (Wildman–Crippen LogP) is 6.46. The van der Waals surface area contributed by atoms with Gasteiger partial charge in [0.25, 0.3) is 5.91 Å². The summed E-state index contributed by atoms with van der Waals surface area (Å²) in [6, 6.07) is 18.9. The van der Waals surface area contributed by atoms with Gasteiger partial charge in [-0.15, -0.1) is 0 Å². The maximum absolute atomic E-state index is 13.7. The molecule has 0 atom stereocenters. The van der Waals surface area contributed by atoms with E-state index in [9.17, 15) is 4.79 Å². The minimum absolute atomic E-state index is 0.0613. The lowest BCUT2D eigenvalue weighted by molar-refractivity contribution is 0.0352. The maximum atomic E-state index is 13.7. The topological polar surface area (TPSA) is 60.5 Å². The Kier molecular flexibility index (Phi) is 9.25. The zero-order chi connectivity index (χ0) is 28.8. The van der Waals surface area contributed by atoms with E-state index < -0.39 is 0 Å². The molecule has 1 spiro atoms. The van der Waals surface area contributed by atoms with Gasteiger partial charge in [0.2, 0.25) is 0 Å². The van der Waals surface area contributed by atoms with Crippen LogP contribution in [0, 0.1) is 5.41 Å². The number of rotatable bonds is 9. The molecule has 2 aliphatic rings. The second kappa shape index (κ2) is 13.0. The average molecular weight is 579 g/mol. The van der Waals surface area contributed by atoms with Crippen LogP contribution < -0.4 is 18.9 Å². The Morgan fingerprint density at radius 1 is 0.756 bits per heavy atom. The Morgan fingerprint density at radius 2 is 1.27 bits per heavy atom. The first-order valence-corrected chi connectivity index (χ1v) is 14.6. The minimum atomic E-state index is -0.0613. The SMILES string of the molecule is COc1ccc(COc2ccc(C(=O)N3CCC4(CCN(C)CC4)CC3)c(Cl)c2OCc2ccc(OC)cc2)cc1. The Hall–Kier alpha value is -3.42. The van der Waals surface area contributed by atoms with Gasteiger partial charge in [0, 0.05) is 13.1 Å². The van der Waals surface area contributed by atoms with E-state index >= 15 is 0 Å². The van der Waals surface area contributed by atoms with Crippen LogP contribution in [0.3, 0.4) is 0 Å². The zero-order valence-corrected chi connectivity index (χ0v) is 24.9. The highest BCUT2D eigenvalue weighted by molar-refractivity contribution is 6.35. The summed E-state index contributed by atoms with van der Waals surface area (Å²) in [5.41, 5.74) is 2.71. The normalized spacial score (nSPS) is 16.8. The van der Waals surface area contributed by atoms with Gasteiger partial charge in [0.05, 0.1) is 24.8 Å². The third-order valence-electron chi connectivity index (χ3n) is 8.55. The summed E-state index contributed by atoms with van der Waals surface area (Å²) in [5, 5.41) is 0.273. The quantitative estimate of drug-likeness (QED) is 0.290. The molecule has 0 N–H and O–H groups in total. The van der Waals surface area contributed by atoms with Gasteiger partial charge < -0.3 is 28.7 Å². The molecule has 0 saturated carbocycles. The lowest BCUT2D eigenvalue weighted by Gasteiger charge is -2.46. The standard InChI is InChI=1S/C33H39ClN2O5/c1-35-18-14-33(15-19-35)16-20-36(21-17-33)32(37)28-12-13-29(40-22-24-4-8-26(38-2)9-5-24)31(30(28)34)41-23-25-6-10-27(39-3)11-7-25/h4-13H,14-23H2,1-3H3. The molecular weight excluding hydrogens is 540 g/mol. The fourth-order valence-electron chi connectivity index (χ4n) is 5.66.